The van der Waals surface area contributed by atoms with E-state index in [1.165, 1.54) is 11.8 Å². The molecular weight excluding hydrogens is 298 g/mol. The first kappa shape index (κ1) is 17.2. The molecule has 114 valence electrons. The molecule has 0 fully saturated rings. The Balaban J connectivity index is 2.85. The zero-order chi connectivity index (χ0) is 15.3. The van der Waals surface area contributed by atoms with E-state index >= 15 is 0 Å². The highest BCUT2D eigenvalue weighted by Gasteiger charge is 2.17. The van der Waals surface area contributed by atoms with E-state index in [0.29, 0.717) is 11.7 Å². The van der Waals surface area contributed by atoms with Gasteiger partial charge in [0, 0.05) is 34.8 Å². The summed E-state index contributed by atoms with van der Waals surface area (Å²) in [5.74, 6) is 0.139. The monoisotopic (exact) mass is 319 g/mol. The number of aliphatic carboxylic acids is 1. The van der Waals surface area contributed by atoms with Gasteiger partial charge >= 0.3 is 5.97 Å². The van der Waals surface area contributed by atoms with E-state index in [4.69, 9.17) is 5.11 Å². The zero-order valence-corrected chi connectivity index (χ0v) is 13.8. The molecule has 2 unspecified atom stereocenters. The Morgan fingerprint density at radius 1 is 1.40 bits per heavy atom. The molecule has 0 saturated heterocycles. The van der Waals surface area contributed by atoms with Crippen LogP contribution < -0.4 is 0 Å². The lowest BCUT2D eigenvalue weighted by molar-refractivity contribution is -0.133. The fourth-order valence-electron chi connectivity index (χ4n) is 1.65. The van der Waals surface area contributed by atoms with Crippen LogP contribution in [0.5, 0.6) is 0 Å². The molecule has 0 radical (unpaired) electrons. The predicted octanol–water partition coefficient (Wildman–Crippen LogP) is 1.74. The summed E-state index contributed by atoms with van der Waals surface area (Å²) in [6, 6.07) is 0. The third kappa shape index (κ3) is 4.90. The summed E-state index contributed by atoms with van der Waals surface area (Å²) in [5, 5.41) is 17.7. The summed E-state index contributed by atoms with van der Waals surface area (Å²) >= 11 is 1.17. The minimum absolute atomic E-state index is 0.0362. The van der Waals surface area contributed by atoms with Crippen molar-refractivity contribution in [3.63, 3.8) is 0 Å². The minimum atomic E-state index is -0.876. The maximum Gasteiger partial charge on any atom is 0.313 e. The highest BCUT2D eigenvalue weighted by Crippen LogP contribution is 2.22. The molecular formula is C12H21N3O3S2. The van der Waals surface area contributed by atoms with Gasteiger partial charge in [-0.05, 0) is 6.42 Å². The molecule has 0 amide bonds. The van der Waals surface area contributed by atoms with Crippen molar-refractivity contribution in [2.24, 2.45) is 0 Å². The van der Waals surface area contributed by atoms with E-state index in [9.17, 15) is 9.00 Å². The SMILES string of the molecule is CC(C)c1nnc(SCC(=O)O)n1CCC(C)S(C)=O. The summed E-state index contributed by atoms with van der Waals surface area (Å²) in [6.07, 6.45) is 2.45. The van der Waals surface area contributed by atoms with Gasteiger partial charge < -0.3 is 9.67 Å². The largest absolute Gasteiger partial charge is 0.481 e. The maximum atomic E-state index is 11.4. The van der Waals surface area contributed by atoms with Crippen molar-refractivity contribution in [2.75, 3.05) is 12.0 Å². The fraction of sp³-hybridized carbons (Fsp3) is 0.750. The van der Waals surface area contributed by atoms with E-state index in [0.717, 1.165) is 12.2 Å². The molecule has 0 bridgehead atoms. The molecule has 2 atom stereocenters. The van der Waals surface area contributed by atoms with Gasteiger partial charge in [0.05, 0.1) is 5.75 Å². The van der Waals surface area contributed by atoms with Crippen molar-refractivity contribution in [1.82, 2.24) is 14.8 Å². The first-order valence-corrected chi connectivity index (χ1v) is 9.03. The average Bonchev–Trinajstić information content (AvgIpc) is 2.76. The van der Waals surface area contributed by atoms with E-state index in [1.807, 2.05) is 25.3 Å². The molecule has 1 aromatic rings. The molecule has 0 aliphatic carbocycles. The third-order valence-electron chi connectivity index (χ3n) is 2.91. The average molecular weight is 319 g/mol. The highest BCUT2D eigenvalue weighted by molar-refractivity contribution is 7.99. The number of nitrogens with zero attached hydrogens (tertiary/aromatic N) is 3. The zero-order valence-electron chi connectivity index (χ0n) is 12.2. The van der Waals surface area contributed by atoms with Crippen LogP contribution in [0.1, 0.15) is 38.9 Å². The molecule has 0 aliphatic rings. The fourth-order valence-corrected chi connectivity index (χ4v) is 2.78. The topological polar surface area (TPSA) is 85.1 Å². The molecule has 0 saturated carbocycles. The molecule has 1 heterocycles. The van der Waals surface area contributed by atoms with E-state index in [-0.39, 0.29) is 16.9 Å². The van der Waals surface area contributed by atoms with Crippen molar-refractivity contribution in [1.29, 1.82) is 0 Å². The van der Waals surface area contributed by atoms with Gasteiger partial charge in [-0.2, -0.15) is 0 Å². The van der Waals surface area contributed by atoms with Crippen LogP contribution in [0.15, 0.2) is 5.16 Å². The summed E-state index contributed by atoms with van der Waals surface area (Å²) in [4.78, 5) is 10.7. The molecule has 20 heavy (non-hydrogen) atoms. The van der Waals surface area contributed by atoms with Crippen LogP contribution in [-0.4, -0.2) is 47.3 Å². The lowest BCUT2D eigenvalue weighted by atomic mass is 10.2. The third-order valence-corrected chi connectivity index (χ3v) is 5.23. The van der Waals surface area contributed by atoms with Gasteiger partial charge in [-0.3, -0.25) is 9.00 Å². The van der Waals surface area contributed by atoms with Gasteiger partial charge in [-0.25, -0.2) is 0 Å². The number of hydrogen-bond acceptors (Lipinski definition) is 5. The van der Waals surface area contributed by atoms with Crippen molar-refractivity contribution in [2.45, 2.75) is 50.1 Å². The van der Waals surface area contributed by atoms with Crippen molar-refractivity contribution in [3.8, 4) is 0 Å². The van der Waals surface area contributed by atoms with Crippen LogP contribution in [0.3, 0.4) is 0 Å². The Morgan fingerprint density at radius 2 is 2.05 bits per heavy atom. The van der Waals surface area contributed by atoms with Gasteiger partial charge in [-0.1, -0.05) is 32.5 Å². The number of carbonyl (C=O) groups is 1. The van der Waals surface area contributed by atoms with Crippen LogP contribution in [0.2, 0.25) is 0 Å². The Labute approximate surface area is 125 Å². The smallest absolute Gasteiger partial charge is 0.313 e. The maximum absolute atomic E-state index is 11.4. The number of carboxylic acids is 1. The number of carboxylic acid groups (broad SMARTS) is 1. The van der Waals surface area contributed by atoms with E-state index in [1.54, 1.807) is 6.26 Å². The standard InChI is InChI=1S/C12H21N3O3S2/c1-8(2)11-13-14-12(19-7-10(16)17)15(11)6-5-9(3)20(4)18/h8-9H,5-7H2,1-4H3,(H,16,17). The Morgan fingerprint density at radius 3 is 2.55 bits per heavy atom. The first-order valence-electron chi connectivity index (χ1n) is 6.42. The number of thioether (sulfide) groups is 1. The van der Waals surface area contributed by atoms with Crippen molar-refractivity contribution in [3.05, 3.63) is 5.82 Å². The van der Waals surface area contributed by atoms with Crippen LogP contribution in [0.4, 0.5) is 0 Å². The van der Waals surface area contributed by atoms with Crippen LogP contribution in [0, 0.1) is 0 Å². The van der Waals surface area contributed by atoms with Crippen LogP contribution in [-0.2, 0) is 22.1 Å². The van der Waals surface area contributed by atoms with Gasteiger partial charge in [0.25, 0.3) is 0 Å². The molecule has 0 aromatic carbocycles. The lowest BCUT2D eigenvalue weighted by Gasteiger charge is -2.14. The predicted molar refractivity (Wildman–Crippen MR) is 80.6 cm³/mol. The van der Waals surface area contributed by atoms with E-state index in [2.05, 4.69) is 10.2 Å². The normalized spacial score (nSPS) is 14.4. The second-order valence-electron chi connectivity index (χ2n) is 4.93. The summed E-state index contributed by atoms with van der Waals surface area (Å²) in [7, 11) is -0.862. The molecule has 0 spiro atoms. The number of hydrogen-bond donors (Lipinski definition) is 1. The molecule has 8 heteroatoms. The lowest BCUT2D eigenvalue weighted by Crippen LogP contribution is -2.15. The molecule has 0 aliphatic heterocycles. The molecule has 1 aromatic heterocycles. The molecule has 1 N–H and O–H groups in total. The van der Waals surface area contributed by atoms with E-state index < -0.39 is 16.8 Å². The summed E-state index contributed by atoms with van der Waals surface area (Å²) < 4.78 is 13.4. The van der Waals surface area contributed by atoms with Crippen molar-refractivity contribution < 1.29 is 14.1 Å². The van der Waals surface area contributed by atoms with Gasteiger partial charge in [0.2, 0.25) is 0 Å². The van der Waals surface area contributed by atoms with Crippen LogP contribution >= 0.6 is 11.8 Å². The summed E-state index contributed by atoms with van der Waals surface area (Å²) in [6.45, 7) is 6.64. The Hall–Kier alpha value is -0.890. The van der Waals surface area contributed by atoms with Gasteiger partial charge in [0.1, 0.15) is 5.82 Å². The summed E-state index contributed by atoms with van der Waals surface area (Å²) in [5.41, 5.74) is 0. The second kappa shape index (κ2) is 7.78. The van der Waals surface area contributed by atoms with Gasteiger partial charge in [-0.15, -0.1) is 10.2 Å². The Kier molecular flexibility index (Phi) is 6.67. The number of rotatable bonds is 8. The van der Waals surface area contributed by atoms with Gasteiger partial charge in [0.15, 0.2) is 5.16 Å². The molecule has 1 rings (SSSR count). The minimum Gasteiger partial charge on any atom is -0.481 e. The Bertz CT molecular complexity index is 488. The first-order chi connectivity index (χ1) is 9.32. The number of aromatic nitrogens is 3. The van der Waals surface area contributed by atoms with Crippen LogP contribution in [0.25, 0.3) is 0 Å². The quantitative estimate of drug-likeness (QED) is 0.735. The van der Waals surface area contributed by atoms with Crippen molar-refractivity contribution >= 4 is 28.5 Å². The highest BCUT2D eigenvalue weighted by atomic mass is 32.2. The molecule has 6 nitrogen and oxygen atoms in total. The second-order valence-corrected chi connectivity index (χ2v) is 7.67.